The van der Waals surface area contributed by atoms with Crippen molar-refractivity contribution < 1.29 is 0 Å². The van der Waals surface area contributed by atoms with Gasteiger partial charge in [-0.2, -0.15) is 0 Å². The zero-order valence-electron chi connectivity index (χ0n) is 16.6. The van der Waals surface area contributed by atoms with Gasteiger partial charge in [-0.05, 0) is 41.4 Å². The van der Waals surface area contributed by atoms with Gasteiger partial charge in [-0.3, -0.25) is 0 Å². The Morgan fingerprint density at radius 2 is 0.850 bits per heavy atom. The molecule has 0 aromatic heterocycles. The molecule has 0 heterocycles. The Labute approximate surface area is 131 Å². The lowest BCUT2D eigenvalue weighted by molar-refractivity contribution is 0.318. The molecule has 0 spiro atoms. The topological polar surface area (TPSA) is 0 Å². The van der Waals surface area contributed by atoms with Crippen molar-refractivity contribution in [2.45, 2.75) is 108 Å². The van der Waals surface area contributed by atoms with Crippen LogP contribution in [-0.2, 0) is 0 Å². The van der Waals surface area contributed by atoms with Crippen LogP contribution < -0.4 is 0 Å². The molecule has 0 saturated heterocycles. The molecule has 0 aliphatic rings. The first kappa shape index (κ1) is 22.3. The highest BCUT2D eigenvalue weighted by molar-refractivity contribution is 4.65. The normalized spacial score (nSPS) is 13.2. The van der Waals surface area contributed by atoms with Crippen molar-refractivity contribution in [3.8, 4) is 0 Å². The average Bonchev–Trinajstić information content (AvgIpc) is 2.06. The van der Waals surface area contributed by atoms with Crippen LogP contribution in [0.3, 0.4) is 0 Å². The van der Waals surface area contributed by atoms with Gasteiger partial charge >= 0.3 is 0 Å². The van der Waals surface area contributed by atoms with Gasteiger partial charge in [0.2, 0.25) is 0 Å². The van der Waals surface area contributed by atoms with E-state index >= 15 is 0 Å². The van der Waals surface area contributed by atoms with E-state index < -0.39 is 0 Å². The van der Waals surface area contributed by atoms with Crippen molar-refractivity contribution in [3.63, 3.8) is 0 Å². The van der Waals surface area contributed by atoms with Crippen molar-refractivity contribution in [2.75, 3.05) is 0 Å². The Hall–Kier alpha value is 0. The van der Waals surface area contributed by atoms with Crippen LogP contribution in [0.4, 0.5) is 0 Å². The van der Waals surface area contributed by atoms with E-state index in [1.165, 1.54) is 32.1 Å². The third-order valence-corrected chi connectivity index (χ3v) is 3.12. The maximum absolute atomic E-state index is 2.32. The highest BCUT2D eigenvalue weighted by atomic mass is 14.2. The summed E-state index contributed by atoms with van der Waals surface area (Å²) in [6.45, 7) is 25.3. The van der Waals surface area contributed by atoms with Crippen LogP contribution in [0, 0.1) is 22.2 Å². The second-order valence-corrected chi connectivity index (χ2v) is 10.5. The molecule has 0 atom stereocenters. The van der Waals surface area contributed by atoms with Crippen molar-refractivity contribution >= 4 is 0 Å². The summed E-state index contributed by atoms with van der Waals surface area (Å²) in [4.78, 5) is 0. The molecular formula is C20H44. The Kier molecular flexibility index (Phi) is 10.1. The second-order valence-electron chi connectivity index (χ2n) is 10.5. The van der Waals surface area contributed by atoms with E-state index in [9.17, 15) is 0 Å². The lowest BCUT2D eigenvalue weighted by Gasteiger charge is -2.21. The largest absolute Gasteiger partial charge is 0.0628 e. The highest BCUT2D eigenvalue weighted by Gasteiger charge is 2.12. The first-order chi connectivity index (χ1) is 8.62. The summed E-state index contributed by atoms with van der Waals surface area (Å²) in [7, 11) is 0. The minimum atomic E-state index is 0.522. The fraction of sp³-hybridized carbons (Fsp3) is 1.00. The fourth-order valence-corrected chi connectivity index (χ4v) is 2.54. The molecule has 0 saturated carbocycles. The minimum Gasteiger partial charge on any atom is -0.0628 e. The van der Waals surface area contributed by atoms with Crippen molar-refractivity contribution in [1.82, 2.24) is 0 Å². The predicted octanol–water partition coefficient (Wildman–Crippen LogP) is 7.72. The quantitative estimate of drug-likeness (QED) is 0.463. The van der Waals surface area contributed by atoms with Gasteiger partial charge in [0.1, 0.15) is 0 Å². The van der Waals surface area contributed by atoms with Crippen LogP contribution in [-0.4, -0.2) is 0 Å². The Morgan fingerprint density at radius 1 is 0.550 bits per heavy atom. The summed E-state index contributed by atoms with van der Waals surface area (Å²) in [6.07, 6.45) is 6.83. The molecule has 0 heteroatoms. The molecule has 0 fully saturated rings. The molecule has 0 aliphatic heterocycles. The van der Waals surface area contributed by atoms with Gasteiger partial charge in [0.05, 0.1) is 0 Å². The second kappa shape index (κ2) is 9.11. The van der Waals surface area contributed by atoms with Gasteiger partial charge in [0.15, 0.2) is 0 Å². The van der Waals surface area contributed by atoms with Crippen LogP contribution in [0.5, 0.6) is 0 Å². The summed E-state index contributed by atoms with van der Waals surface area (Å²) in [6, 6.07) is 0. The third-order valence-electron chi connectivity index (χ3n) is 3.12. The Morgan fingerprint density at radius 3 is 0.950 bits per heavy atom. The van der Waals surface area contributed by atoms with E-state index in [-0.39, 0.29) is 0 Å². The molecule has 0 amide bonds. The zero-order chi connectivity index (χ0) is 16.6. The average molecular weight is 285 g/mol. The van der Waals surface area contributed by atoms with E-state index in [4.69, 9.17) is 0 Å². The summed E-state index contributed by atoms with van der Waals surface area (Å²) in [5.74, 6) is 0.843. The van der Waals surface area contributed by atoms with E-state index in [0.717, 1.165) is 5.92 Å². The molecule has 0 aromatic rings. The molecule has 0 unspecified atom stereocenters. The molecule has 124 valence electrons. The number of hydrogen-bond donors (Lipinski definition) is 0. The number of unbranched alkanes of at least 4 members (excludes halogenated alkanes) is 1. The molecule has 0 aliphatic carbocycles. The molecular weight excluding hydrogens is 240 g/mol. The summed E-state index contributed by atoms with van der Waals surface area (Å²) < 4.78 is 0. The molecule has 0 bridgehead atoms. The van der Waals surface area contributed by atoms with Crippen LogP contribution in [0.15, 0.2) is 0 Å². The molecule has 0 rings (SSSR count). The summed E-state index contributed by atoms with van der Waals surface area (Å²) in [5.41, 5.74) is 1.57. The smallest absolute Gasteiger partial charge is 0.0380 e. The van der Waals surface area contributed by atoms with Gasteiger partial charge in [0.25, 0.3) is 0 Å². The van der Waals surface area contributed by atoms with Gasteiger partial charge in [-0.1, -0.05) is 89.0 Å². The van der Waals surface area contributed by atoms with Crippen LogP contribution in [0.2, 0.25) is 0 Å². The van der Waals surface area contributed by atoms with Crippen LogP contribution >= 0.6 is 0 Å². The van der Waals surface area contributed by atoms with E-state index in [2.05, 4.69) is 76.2 Å². The van der Waals surface area contributed by atoms with Crippen LogP contribution in [0.1, 0.15) is 108 Å². The first-order valence-electron chi connectivity index (χ1n) is 8.62. The standard InChI is InChI=1S/C12H26.C8H18/c1-11(2,3)9-7-8-10-12(4,5)6;1-7(2)6-8(3,4)5/h7-10H2,1-6H3;7H,6H2,1-5H3. The van der Waals surface area contributed by atoms with Crippen molar-refractivity contribution in [1.29, 1.82) is 0 Å². The first-order valence-corrected chi connectivity index (χ1v) is 8.62. The van der Waals surface area contributed by atoms with E-state index in [1.54, 1.807) is 0 Å². The molecule has 0 N–H and O–H groups in total. The Bertz CT molecular complexity index is 198. The lowest BCUT2D eigenvalue weighted by atomic mass is 9.85. The third kappa shape index (κ3) is 26.5. The van der Waals surface area contributed by atoms with Crippen LogP contribution in [0.25, 0.3) is 0 Å². The molecule has 0 radical (unpaired) electrons. The van der Waals surface area contributed by atoms with Gasteiger partial charge in [0, 0.05) is 0 Å². The summed E-state index contributed by atoms with van der Waals surface area (Å²) in [5, 5.41) is 0. The predicted molar refractivity (Wildman–Crippen MR) is 96.3 cm³/mol. The minimum absolute atomic E-state index is 0.522. The SMILES string of the molecule is CC(C)(C)CCCCC(C)(C)C.CC(C)CC(C)(C)C. The van der Waals surface area contributed by atoms with Gasteiger partial charge in [-0.15, -0.1) is 0 Å². The summed E-state index contributed by atoms with van der Waals surface area (Å²) >= 11 is 0. The Balaban J connectivity index is 0. The zero-order valence-corrected chi connectivity index (χ0v) is 16.6. The molecule has 0 nitrogen and oxygen atoms in total. The van der Waals surface area contributed by atoms with Gasteiger partial charge < -0.3 is 0 Å². The fourth-order valence-electron chi connectivity index (χ4n) is 2.54. The van der Waals surface area contributed by atoms with Crippen molar-refractivity contribution in [2.24, 2.45) is 22.2 Å². The number of hydrogen-bond acceptors (Lipinski definition) is 0. The number of rotatable bonds is 4. The van der Waals surface area contributed by atoms with E-state index in [0.29, 0.717) is 16.2 Å². The molecule has 20 heavy (non-hydrogen) atoms. The molecule has 0 aromatic carbocycles. The lowest BCUT2D eigenvalue weighted by Crippen LogP contribution is -2.08. The maximum Gasteiger partial charge on any atom is -0.0380 e. The maximum atomic E-state index is 2.32. The monoisotopic (exact) mass is 284 g/mol. The highest BCUT2D eigenvalue weighted by Crippen LogP contribution is 2.26. The van der Waals surface area contributed by atoms with E-state index in [1.807, 2.05) is 0 Å². The van der Waals surface area contributed by atoms with Gasteiger partial charge in [-0.25, -0.2) is 0 Å². The van der Waals surface area contributed by atoms with Crippen molar-refractivity contribution in [3.05, 3.63) is 0 Å².